The van der Waals surface area contributed by atoms with Crippen LogP contribution in [0.5, 0.6) is 5.75 Å². The van der Waals surface area contributed by atoms with Gasteiger partial charge >= 0.3 is 0 Å². The van der Waals surface area contributed by atoms with Crippen LogP contribution >= 0.6 is 11.3 Å². The molecule has 0 spiro atoms. The Morgan fingerprint density at radius 3 is 2.64 bits per heavy atom. The first kappa shape index (κ1) is 18.4. The highest BCUT2D eigenvalue weighted by atomic mass is 32.1. The molecule has 4 rings (SSSR count). The Bertz CT molecular complexity index is 1140. The van der Waals surface area contributed by atoms with Gasteiger partial charge in [-0.05, 0) is 62.2 Å². The third-order valence-electron chi connectivity index (χ3n) is 4.86. The van der Waals surface area contributed by atoms with Gasteiger partial charge in [0.15, 0.2) is 5.82 Å². The second-order valence-electron chi connectivity index (χ2n) is 6.77. The monoisotopic (exact) mass is 388 g/mol. The number of aryl methyl sites for hydroxylation is 1. The Morgan fingerprint density at radius 2 is 1.86 bits per heavy atom. The molecule has 0 saturated heterocycles. The second-order valence-corrected chi connectivity index (χ2v) is 7.89. The molecular weight excluding hydrogens is 366 g/mol. The van der Waals surface area contributed by atoms with E-state index >= 15 is 0 Å². The number of benzene rings is 2. The van der Waals surface area contributed by atoms with Crippen LogP contribution in [0, 0.1) is 13.8 Å². The predicted molar refractivity (Wildman–Crippen MR) is 117 cm³/mol. The highest BCUT2D eigenvalue weighted by molar-refractivity contribution is 7.15. The number of thiophene rings is 1. The van der Waals surface area contributed by atoms with Crippen molar-refractivity contribution in [1.29, 1.82) is 0 Å². The molecule has 2 heterocycles. The van der Waals surface area contributed by atoms with Crippen molar-refractivity contribution < 1.29 is 4.74 Å². The predicted octanol–water partition coefficient (Wildman–Crippen LogP) is 6.03. The molecule has 0 amide bonds. The maximum Gasteiger partial charge on any atom is 0.157 e. The second kappa shape index (κ2) is 7.60. The summed E-state index contributed by atoms with van der Waals surface area (Å²) in [6.45, 7) is 8.25. The summed E-state index contributed by atoms with van der Waals surface area (Å²) in [6.07, 6.45) is 0. The molecular formula is C23H22N3OS. The van der Waals surface area contributed by atoms with E-state index in [4.69, 9.17) is 4.74 Å². The molecule has 0 aliphatic rings. The highest BCUT2D eigenvalue weighted by Crippen LogP contribution is 2.35. The summed E-state index contributed by atoms with van der Waals surface area (Å²) in [6, 6.07) is 18.6. The normalized spacial score (nSPS) is 12.1. The fourth-order valence-corrected chi connectivity index (χ4v) is 4.34. The van der Waals surface area contributed by atoms with E-state index in [2.05, 4.69) is 47.6 Å². The average Bonchev–Trinajstić information content (AvgIpc) is 3.20. The highest BCUT2D eigenvalue weighted by Gasteiger charge is 2.14. The Labute approximate surface area is 169 Å². The van der Waals surface area contributed by atoms with Crippen LogP contribution in [0.1, 0.15) is 29.1 Å². The molecule has 1 N–H and O–H groups in total. The van der Waals surface area contributed by atoms with Gasteiger partial charge in [0, 0.05) is 20.5 Å². The third kappa shape index (κ3) is 3.45. The lowest BCUT2D eigenvalue weighted by molar-refractivity contribution is 0.415. The maximum absolute atomic E-state index is 5.39. The zero-order chi connectivity index (χ0) is 19.7. The smallest absolute Gasteiger partial charge is 0.157 e. The van der Waals surface area contributed by atoms with E-state index in [0.29, 0.717) is 0 Å². The summed E-state index contributed by atoms with van der Waals surface area (Å²) in [5, 5.41) is 14.3. The van der Waals surface area contributed by atoms with E-state index in [1.807, 2.05) is 43.3 Å². The van der Waals surface area contributed by atoms with Gasteiger partial charge in [0.05, 0.1) is 18.8 Å². The molecule has 0 aliphatic carbocycles. The van der Waals surface area contributed by atoms with Gasteiger partial charge in [0.2, 0.25) is 0 Å². The van der Waals surface area contributed by atoms with Gasteiger partial charge in [0.25, 0.3) is 0 Å². The van der Waals surface area contributed by atoms with Crippen molar-refractivity contribution in [3.8, 4) is 16.2 Å². The van der Waals surface area contributed by atoms with Crippen LogP contribution in [-0.4, -0.2) is 17.3 Å². The van der Waals surface area contributed by atoms with Crippen LogP contribution in [0.3, 0.4) is 0 Å². The van der Waals surface area contributed by atoms with Gasteiger partial charge in [-0.3, -0.25) is 0 Å². The van der Waals surface area contributed by atoms with E-state index in [-0.39, 0.29) is 6.04 Å². The molecule has 1 radical (unpaired) electrons. The fraction of sp³-hybridized carbons (Fsp3) is 0.174. The number of hydrogen-bond acceptors (Lipinski definition) is 5. The van der Waals surface area contributed by atoms with Gasteiger partial charge in [-0.15, -0.1) is 16.4 Å². The summed E-state index contributed by atoms with van der Waals surface area (Å²) in [5.41, 5.74) is 3.12. The minimum Gasteiger partial charge on any atom is -0.497 e. The SMILES string of the molecule is [CH2]c1ccccc1-c1ccc([C@@H](C)Nc2nnc(C)c3ccc(OC)cc23)s1. The lowest BCUT2D eigenvalue weighted by Crippen LogP contribution is -2.08. The van der Waals surface area contributed by atoms with Crippen LogP contribution in [0.4, 0.5) is 5.82 Å². The van der Waals surface area contributed by atoms with E-state index in [1.165, 1.54) is 15.3 Å². The van der Waals surface area contributed by atoms with E-state index < -0.39 is 0 Å². The lowest BCUT2D eigenvalue weighted by Gasteiger charge is -2.15. The average molecular weight is 389 g/mol. The van der Waals surface area contributed by atoms with Gasteiger partial charge in [-0.1, -0.05) is 24.3 Å². The topological polar surface area (TPSA) is 47.0 Å². The minimum absolute atomic E-state index is 0.0992. The van der Waals surface area contributed by atoms with Crippen LogP contribution in [0.15, 0.2) is 54.6 Å². The van der Waals surface area contributed by atoms with Crippen LogP contribution in [0.25, 0.3) is 21.2 Å². The summed E-state index contributed by atoms with van der Waals surface area (Å²) in [4.78, 5) is 2.45. The number of nitrogens with one attached hydrogen (secondary N) is 1. The lowest BCUT2D eigenvalue weighted by atomic mass is 10.1. The zero-order valence-electron chi connectivity index (χ0n) is 16.2. The first-order valence-corrected chi connectivity index (χ1v) is 9.97. The first-order chi connectivity index (χ1) is 13.6. The van der Waals surface area contributed by atoms with Crippen molar-refractivity contribution in [1.82, 2.24) is 10.2 Å². The number of rotatable bonds is 5. The largest absolute Gasteiger partial charge is 0.497 e. The molecule has 0 unspecified atom stereocenters. The number of fused-ring (bicyclic) bond motifs is 1. The summed E-state index contributed by atoms with van der Waals surface area (Å²) in [5.74, 6) is 1.57. The fourth-order valence-electron chi connectivity index (χ4n) is 3.27. The molecule has 0 aliphatic heterocycles. The summed E-state index contributed by atoms with van der Waals surface area (Å²) in [7, 11) is 1.67. The third-order valence-corrected chi connectivity index (χ3v) is 6.16. The molecule has 4 nitrogen and oxygen atoms in total. The van der Waals surface area contributed by atoms with Crippen molar-refractivity contribution in [2.24, 2.45) is 0 Å². The maximum atomic E-state index is 5.39. The van der Waals surface area contributed by atoms with E-state index in [1.54, 1.807) is 18.4 Å². The molecule has 4 aromatic rings. The molecule has 2 aromatic heterocycles. The first-order valence-electron chi connectivity index (χ1n) is 9.15. The van der Waals surface area contributed by atoms with Crippen molar-refractivity contribution in [2.75, 3.05) is 12.4 Å². The number of anilines is 1. The molecule has 0 fully saturated rings. The molecule has 2 aromatic carbocycles. The Hall–Kier alpha value is -2.92. The van der Waals surface area contributed by atoms with Gasteiger partial charge in [-0.25, -0.2) is 0 Å². The van der Waals surface area contributed by atoms with Crippen molar-refractivity contribution in [3.05, 3.63) is 77.7 Å². The van der Waals surface area contributed by atoms with Gasteiger partial charge < -0.3 is 10.1 Å². The molecule has 0 saturated carbocycles. The number of aromatic nitrogens is 2. The van der Waals surface area contributed by atoms with Crippen LogP contribution in [0.2, 0.25) is 0 Å². The van der Waals surface area contributed by atoms with Crippen molar-refractivity contribution in [3.63, 3.8) is 0 Å². The quantitative estimate of drug-likeness (QED) is 0.453. The molecule has 5 heteroatoms. The van der Waals surface area contributed by atoms with E-state index in [9.17, 15) is 0 Å². The van der Waals surface area contributed by atoms with Gasteiger partial charge in [-0.2, -0.15) is 5.10 Å². The number of hydrogen-bond donors (Lipinski definition) is 1. The number of ether oxygens (including phenoxy) is 1. The minimum atomic E-state index is 0.0992. The van der Waals surface area contributed by atoms with Crippen LogP contribution in [-0.2, 0) is 0 Å². The molecule has 1 atom stereocenters. The van der Waals surface area contributed by atoms with Crippen molar-refractivity contribution in [2.45, 2.75) is 19.9 Å². The van der Waals surface area contributed by atoms with Crippen molar-refractivity contribution >= 4 is 27.9 Å². The Balaban J connectivity index is 1.65. The molecule has 0 bridgehead atoms. The van der Waals surface area contributed by atoms with Crippen LogP contribution < -0.4 is 10.1 Å². The number of methoxy groups -OCH3 is 1. The summed E-state index contributed by atoms with van der Waals surface area (Å²) >= 11 is 1.77. The zero-order valence-corrected chi connectivity index (χ0v) is 17.0. The van der Waals surface area contributed by atoms with E-state index in [0.717, 1.165) is 33.6 Å². The number of nitrogens with zero attached hydrogens (tertiary/aromatic N) is 2. The summed E-state index contributed by atoms with van der Waals surface area (Å²) < 4.78 is 5.39. The standard InChI is InChI=1S/C23H22N3OS/c1-14-7-5-6-8-18(14)22-12-11-21(28-22)16(3)24-23-20-13-17(27-4)9-10-19(20)15(2)25-26-23/h5-13,16H,1H2,2-4H3,(H,24,26)/t16-/m1/s1. The molecule has 28 heavy (non-hydrogen) atoms. The Kier molecular flexibility index (Phi) is 5.01. The Morgan fingerprint density at radius 1 is 1.04 bits per heavy atom. The molecule has 141 valence electrons. The van der Waals surface area contributed by atoms with Gasteiger partial charge in [0.1, 0.15) is 5.75 Å².